The Bertz CT molecular complexity index is 1480. The molecule has 1 N–H and O–H groups in total. The Kier molecular flexibility index (Phi) is 47.8. The van der Waals surface area contributed by atoms with E-state index in [-0.39, 0.29) is 25.4 Å². The van der Waals surface area contributed by atoms with Crippen LogP contribution < -0.4 is 10.2 Å². The van der Waals surface area contributed by atoms with Crippen molar-refractivity contribution < 1.29 is 37.3 Å². The highest BCUT2D eigenvalue weighted by molar-refractivity contribution is 7.45. The molecule has 0 aliphatic carbocycles. The average molecular weight is 999 g/mol. The number of nitrogens with zero attached hydrogens (tertiary/aromatic N) is 1. The highest BCUT2D eigenvalue weighted by Crippen LogP contribution is 2.38. The van der Waals surface area contributed by atoms with Crippen molar-refractivity contribution in [1.82, 2.24) is 5.32 Å². The highest BCUT2D eigenvalue weighted by Gasteiger charge is 2.27. The summed E-state index contributed by atoms with van der Waals surface area (Å²) in [5.41, 5.74) is 0. The van der Waals surface area contributed by atoms with Gasteiger partial charge in [-0.05, 0) is 96.0 Å². The van der Waals surface area contributed by atoms with E-state index in [2.05, 4.69) is 99.0 Å². The molecule has 0 bridgehead atoms. The molecule has 404 valence electrons. The lowest BCUT2D eigenvalue weighted by molar-refractivity contribution is -0.870. The number of hydrogen-bond acceptors (Lipinski definition) is 7. The minimum absolute atomic E-state index is 0.0366. The normalized spacial score (nSPS) is 14.4. The summed E-state index contributed by atoms with van der Waals surface area (Å²) in [7, 11) is 1.14. The summed E-state index contributed by atoms with van der Waals surface area (Å²) in [6.07, 6.45) is 64.0. The van der Waals surface area contributed by atoms with Crippen LogP contribution in [0.1, 0.15) is 233 Å². The lowest BCUT2D eigenvalue weighted by Crippen LogP contribution is -2.47. The zero-order valence-corrected chi connectivity index (χ0v) is 46.8. The zero-order valence-electron chi connectivity index (χ0n) is 45.9. The molecule has 0 aliphatic heterocycles. The standard InChI is InChI=1S/C60H107N2O7P/c1-7-10-13-16-19-22-25-28-30-31-33-35-38-41-44-47-50-53-60(64)69-58(51-48-45-42-39-36-27-24-21-18-15-12-9-3)57(56-68-70(65,66)67-55-54-62(4,5)6)61-59(63)52-49-46-43-40-37-34-32-29-26-23-20-17-14-11-8-2/h19-20,22-23,26,28-30,33,35,41,44,48,51,57-58H,7-18,21,24-25,27,31-32,34,36-40,42-43,45-47,49-50,52-56H2,1-6H3,(H-,61,63,65,66)/b22-19-,23-20+,29-26+,30-28-,35-33-,44-41-,51-48+. The zero-order chi connectivity index (χ0) is 51.5. The lowest BCUT2D eigenvalue weighted by Gasteiger charge is -2.30. The molecule has 3 unspecified atom stereocenters. The lowest BCUT2D eigenvalue weighted by atomic mass is 10.0. The van der Waals surface area contributed by atoms with E-state index in [0.717, 1.165) is 89.9 Å². The van der Waals surface area contributed by atoms with Crippen molar-refractivity contribution in [3.8, 4) is 0 Å². The topological polar surface area (TPSA) is 114 Å². The quantitative estimate of drug-likeness (QED) is 0.0161. The molecule has 1 amide bonds. The van der Waals surface area contributed by atoms with E-state index in [1.165, 1.54) is 96.3 Å². The number of nitrogens with one attached hydrogen (secondary N) is 1. The number of likely N-dealkylation sites (N-methyl/N-ethyl adjacent to an activating group) is 1. The molecule has 0 aromatic carbocycles. The van der Waals surface area contributed by atoms with Gasteiger partial charge in [0.2, 0.25) is 5.91 Å². The highest BCUT2D eigenvalue weighted by atomic mass is 31.2. The van der Waals surface area contributed by atoms with Crippen LogP contribution in [0.2, 0.25) is 0 Å². The van der Waals surface area contributed by atoms with Crippen LogP contribution in [0.25, 0.3) is 0 Å². The second-order valence-electron chi connectivity index (χ2n) is 20.1. The number of rotatable bonds is 50. The molecule has 0 aromatic heterocycles. The number of amides is 1. The minimum Gasteiger partial charge on any atom is -0.756 e. The molecule has 10 heteroatoms. The third-order valence-corrected chi connectivity index (χ3v) is 13.0. The number of phosphoric ester groups is 1. The number of hydrogen-bond donors (Lipinski definition) is 1. The fourth-order valence-electron chi connectivity index (χ4n) is 7.62. The van der Waals surface area contributed by atoms with Gasteiger partial charge in [-0.15, -0.1) is 0 Å². The molecule has 0 spiro atoms. The predicted molar refractivity (Wildman–Crippen MR) is 298 cm³/mol. The molecule has 9 nitrogen and oxygen atoms in total. The Balaban J connectivity index is 5.48. The van der Waals surface area contributed by atoms with Crippen LogP contribution in [0.5, 0.6) is 0 Å². The average Bonchev–Trinajstić information content (AvgIpc) is 3.32. The van der Waals surface area contributed by atoms with Gasteiger partial charge in [0.05, 0.1) is 33.8 Å². The van der Waals surface area contributed by atoms with E-state index in [4.69, 9.17) is 13.8 Å². The van der Waals surface area contributed by atoms with E-state index in [1.807, 2.05) is 27.2 Å². The number of quaternary nitrogens is 1. The first-order chi connectivity index (χ1) is 33.9. The van der Waals surface area contributed by atoms with Gasteiger partial charge in [0, 0.05) is 12.8 Å². The van der Waals surface area contributed by atoms with E-state index in [1.54, 1.807) is 6.08 Å². The summed E-state index contributed by atoms with van der Waals surface area (Å²) in [6, 6.07) is -0.919. The van der Waals surface area contributed by atoms with E-state index in [9.17, 15) is 19.0 Å². The van der Waals surface area contributed by atoms with E-state index in [0.29, 0.717) is 23.9 Å². The molecule has 0 heterocycles. The Morgan fingerprint density at radius 1 is 0.514 bits per heavy atom. The Hall–Kier alpha value is -2.81. The first-order valence-electron chi connectivity index (χ1n) is 28.4. The second-order valence-corrected chi connectivity index (χ2v) is 21.5. The fourth-order valence-corrected chi connectivity index (χ4v) is 8.34. The maximum atomic E-state index is 13.5. The summed E-state index contributed by atoms with van der Waals surface area (Å²) in [5, 5.41) is 3.00. The van der Waals surface area contributed by atoms with Gasteiger partial charge in [-0.25, -0.2) is 0 Å². The Morgan fingerprint density at radius 3 is 1.44 bits per heavy atom. The fraction of sp³-hybridized carbons (Fsp3) is 0.733. The van der Waals surface area contributed by atoms with Crippen LogP contribution in [0.3, 0.4) is 0 Å². The number of carbonyl (C=O) groups is 2. The van der Waals surface area contributed by atoms with Crippen molar-refractivity contribution in [3.63, 3.8) is 0 Å². The first-order valence-corrected chi connectivity index (χ1v) is 29.9. The molecular formula is C60H107N2O7P. The van der Waals surface area contributed by atoms with E-state index < -0.39 is 32.5 Å². The van der Waals surface area contributed by atoms with Crippen LogP contribution in [0, 0.1) is 0 Å². The SMILES string of the molecule is CCCCC/C=C\C/C=C\C/C=C\C/C=C\CCCC(=O)OC(/C=C/CCCCCCCCCCCC)C(COP(=O)([O-])OCC[N+](C)(C)C)NC(=O)CCCCCCCC/C=C/C=C/CCCCC. The smallest absolute Gasteiger partial charge is 0.306 e. The predicted octanol–water partition coefficient (Wildman–Crippen LogP) is 16.4. The molecule has 0 aliphatic rings. The first kappa shape index (κ1) is 67.2. The molecule has 0 radical (unpaired) electrons. The summed E-state index contributed by atoms with van der Waals surface area (Å²) in [6.45, 7) is 6.72. The molecule has 0 saturated carbocycles. The molecule has 0 rings (SSSR count). The third kappa shape index (κ3) is 50.1. The summed E-state index contributed by atoms with van der Waals surface area (Å²) in [5.74, 6) is -0.625. The number of phosphoric acid groups is 1. The summed E-state index contributed by atoms with van der Waals surface area (Å²) in [4.78, 5) is 39.8. The monoisotopic (exact) mass is 999 g/mol. The van der Waals surface area contributed by atoms with Crippen molar-refractivity contribution in [2.75, 3.05) is 40.9 Å². The number of esters is 1. The van der Waals surface area contributed by atoms with Crippen molar-refractivity contribution in [2.45, 2.75) is 245 Å². The molecule has 0 saturated heterocycles. The summed E-state index contributed by atoms with van der Waals surface area (Å²) < 4.78 is 30.1. The van der Waals surface area contributed by atoms with Gasteiger partial charge in [0.25, 0.3) is 7.82 Å². The maximum absolute atomic E-state index is 13.5. The molecule has 0 fully saturated rings. The molecule has 3 atom stereocenters. The van der Waals surface area contributed by atoms with Crippen molar-refractivity contribution >= 4 is 19.7 Å². The largest absolute Gasteiger partial charge is 0.756 e. The summed E-state index contributed by atoms with van der Waals surface area (Å²) >= 11 is 0. The van der Waals surface area contributed by atoms with Gasteiger partial charge in [-0.3, -0.25) is 14.2 Å². The third-order valence-electron chi connectivity index (χ3n) is 12.1. The number of unbranched alkanes of at least 4 members (excludes halogenated alkanes) is 23. The Morgan fingerprint density at radius 2 is 0.929 bits per heavy atom. The van der Waals surface area contributed by atoms with E-state index >= 15 is 0 Å². The van der Waals surface area contributed by atoms with Gasteiger partial charge in [0.1, 0.15) is 19.3 Å². The van der Waals surface area contributed by atoms with Gasteiger partial charge in [0.15, 0.2) is 0 Å². The second kappa shape index (κ2) is 49.8. The van der Waals surface area contributed by atoms with Crippen molar-refractivity contribution in [1.29, 1.82) is 0 Å². The molecule has 0 aromatic rings. The van der Waals surface area contributed by atoms with Crippen molar-refractivity contribution in [2.24, 2.45) is 0 Å². The van der Waals surface area contributed by atoms with Crippen LogP contribution in [0.15, 0.2) is 85.1 Å². The van der Waals surface area contributed by atoms with Crippen LogP contribution in [-0.4, -0.2) is 69.4 Å². The maximum Gasteiger partial charge on any atom is 0.306 e. The van der Waals surface area contributed by atoms with Crippen LogP contribution >= 0.6 is 7.82 Å². The minimum atomic E-state index is -4.71. The number of carbonyl (C=O) groups excluding carboxylic acids is 2. The van der Waals surface area contributed by atoms with Crippen LogP contribution in [0.4, 0.5) is 0 Å². The van der Waals surface area contributed by atoms with Crippen LogP contribution in [-0.2, 0) is 27.9 Å². The van der Waals surface area contributed by atoms with Crippen molar-refractivity contribution in [3.05, 3.63) is 85.1 Å². The van der Waals surface area contributed by atoms with Gasteiger partial charge >= 0.3 is 5.97 Å². The Labute approximate surface area is 431 Å². The van der Waals surface area contributed by atoms with Gasteiger partial charge in [-0.1, -0.05) is 209 Å². The number of allylic oxidation sites excluding steroid dienone is 13. The van der Waals surface area contributed by atoms with Gasteiger partial charge in [-0.2, -0.15) is 0 Å². The van der Waals surface area contributed by atoms with Gasteiger partial charge < -0.3 is 28.5 Å². The molecule has 70 heavy (non-hydrogen) atoms. The number of ether oxygens (including phenoxy) is 1. The molecular weight excluding hydrogens is 892 g/mol.